The molecule has 0 aromatic heterocycles. The molecule has 2 N–H and O–H groups in total. The van der Waals surface area contributed by atoms with Crippen LogP contribution in [0.5, 0.6) is 11.5 Å². The molecular formula is C17H19ClF3NO2. The lowest BCUT2D eigenvalue weighted by atomic mass is 9.98. The highest BCUT2D eigenvalue weighted by molar-refractivity contribution is 5.85. The molecule has 24 heavy (non-hydrogen) atoms. The monoisotopic (exact) mass is 361 g/mol. The van der Waals surface area contributed by atoms with E-state index in [-0.39, 0.29) is 37.1 Å². The topological polar surface area (TPSA) is 44.5 Å². The van der Waals surface area contributed by atoms with Crippen molar-refractivity contribution in [2.75, 3.05) is 13.2 Å². The van der Waals surface area contributed by atoms with Crippen molar-refractivity contribution in [3.05, 3.63) is 47.5 Å². The molecule has 0 unspecified atom stereocenters. The quantitative estimate of drug-likeness (QED) is 0.844. The van der Waals surface area contributed by atoms with E-state index in [0.717, 1.165) is 16.7 Å². The number of nitrogens with two attached hydrogens (primary N) is 1. The van der Waals surface area contributed by atoms with E-state index < -0.39 is 6.36 Å². The maximum Gasteiger partial charge on any atom is 0.573 e. The molecule has 0 saturated carbocycles. The normalized spacial score (nSPS) is 10.9. The van der Waals surface area contributed by atoms with E-state index >= 15 is 0 Å². The van der Waals surface area contributed by atoms with Crippen LogP contribution >= 0.6 is 12.4 Å². The van der Waals surface area contributed by atoms with Crippen LogP contribution in [0.2, 0.25) is 0 Å². The number of hydrogen-bond donors (Lipinski definition) is 1. The van der Waals surface area contributed by atoms with Crippen molar-refractivity contribution in [2.45, 2.75) is 20.2 Å². The molecular weight excluding hydrogens is 343 g/mol. The van der Waals surface area contributed by atoms with Crippen LogP contribution in [-0.2, 0) is 0 Å². The third-order valence-corrected chi connectivity index (χ3v) is 3.25. The molecule has 7 heteroatoms. The zero-order chi connectivity index (χ0) is 17.0. The lowest BCUT2D eigenvalue weighted by Crippen LogP contribution is -2.18. The fourth-order valence-corrected chi connectivity index (χ4v) is 2.22. The van der Waals surface area contributed by atoms with Gasteiger partial charge in [-0.15, -0.1) is 25.6 Å². The number of hydrogen-bond acceptors (Lipinski definition) is 3. The predicted octanol–water partition coefficient (Wildman–Crippen LogP) is 4.63. The van der Waals surface area contributed by atoms with E-state index in [1.807, 2.05) is 32.0 Å². The SMILES string of the molecule is Cc1ccc(C)c(-c2ccc(OCCN)c(OC(F)(F)F)c2)c1.Cl. The molecule has 2 rings (SSSR count). The first-order valence-electron chi connectivity index (χ1n) is 7.10. The molecule has 2 aromatic rings. The Hall–Kier alpha value is -1.92. The lowest BCUT2D eigenvalue weighted by molar-refractivity contribution is -0.275. The van der Waals surface area contributed by atoms with Gasteiger partial charge in [0.2, 0.25) is 0 Å². The highest BCUT2D eigenvalue weighted by Crippen LogP contribution is 2.37. The first-order valence-corrected chi connectivity index (χ1v) is 7.10. The molecule has 0 bridgehead atoms. The fourth-order valence-electron chi connectivity index (χ4n) is 2.22. The van der Waals surface area contributed by atoms with Crippen molar-refractivity contribution in [1.82, 2.24) is 0 Å². The summed E-state index contributed by atoms with van der Waals surface area (Å²) in [6.45, 7) is 4.13. The second-order valence-corrected chi connectivity index (χ2v) is 5.16. The average molecular weight is 362 g/mol. The van der Waals surface area contributed by atoms with Gasteiger partial charge < -0.3 is 15.2 Å². The van der Waals surface area contributed by atoms with Crippen LogP contribution in [0.4, 0.5) is 13.2 Å². The third-order valence-electron chi connectivity index (χ3n) is 3.25. The van der Waals surface area contributed by atoms with Crippen molar-refractivity contribution in [3.63, 3.8) is 0 Å². The third kappa shape index (κ3) is 5.32. The van der Waals surface area contributed by atoms with Crippen LogP contribution in [0.1, 0.15) is 11.1 Å². The number of ether oxygens (including phenoxy) is 2. The molecule has 2 aromatic carbocycles. The Labute approximate surface area is 145 Å². The zero-order valence-corrected chi connectivity index (χ0v) is 14.1. The first kappa shape index (κ1) is 20.1. The summed E-state index contributed by atoms with van der Waals surface area (Å²) in [5.74, 6) is -0.355. The summed E-state index contributed by atoms with van der Waals surface area (Å²) in [4.78, 5) is 0. The van der Waals surface area contributed by atoms with Crippen molar-refractivity contribution < 1.29 is 22.6 Å². The summed E-state index contributed by atoms with van der Waals surface area (Å²) in [7, 11) is 0. The summed E-state index contributed by atoms with van der Waals surface area (Å²) in [6.07, 6.45) is -4.79. The van der Waals surface area contributed by atoms with Gasteiger partial charge in [0.15, 0.2) is 11.5 Å². The molecule has 0 radical (unpaired) electrons. The van der Waals surface area contributed by atoms with E-state index in [2.05, 4.69) is 4.74 Å². The second kappa shape index (κ2) is 8.26. The Bertz CT molecular complexity index is 690. The molecule has 0 fully saturated rings. The highest BCUT2D eigenvalue weighted by atomic mass is 35.5. The van der Waals surface area contributed by atoms with Gasteiger partial charge in [0.05, 0.1) is 0 Å². The minimum absolute atomic E-state index is 0. The van der Waals surface area contributed by atoms with Gasteiger partial charge in [0.25, 0.3) is 0 Å². The Morgan fingerprint density at radius 3 is 2.33 bits per heavy atom. The summed E-state index contributed by atoms with van der Waals surface area (Å²) < 4.78 is 47.2. The van der Waals surface area contributed by atoms with Gasteiger partial charge in [-0.25, -0.2) is 0 Å². The molecule has 0 saturated heterocycles. The standard InChI is InChI=1S/C17H18F3NO2.ClH/c1-11-3-4-12(2)14(9-11)13-5-6-15(22-8-7-21)16(10-13)23-17(18,19)20;/h3-6,9-10H,7-8,21H2,1-2H3;1H. The van der Waals surface area contributed by atoms with Gasteiger partial charge in [-0.1, -0.05) is 29.8 Å². The summed E-state index contributed by atoms with van der Waals surface area (Å²) in [5.41, 5.74) is 8.79. The number of benzene rings is 2. The van der Waals surface area contributed by atoms with Crippen LogP contribution in [0.3, 0.4) is 0 Å². The molecule has 0 atom stereocenters. The van der Waals surface area contributed by atoms with E-state index in [0.29, 0.717) is 5.56 Å². The number of aryl methyl sites for hydroxylation is 2. The molecule has 3 nitrogen and oxygen atoms in total. The Kier molecular flexibility index (Phi) is 6.93. The number of rotatable bonds is 5. The van der Waals surface area contributed by atoms with Crippen molar-refractivity contribution in [2.24, 2.45) is 5.73 Å². The maximum absolute atomic E-state index is 12.6. The summed E-state index contributed by atoms with van der Waals surface area (Å²) in [5, 5.41) is 0. The van der Waals surface area contributed by atoms with Gasteiger partial charge in [-0.05, 0) is 42.7 Å². The van der Waals surface area contributed by atoms with Crippen molar-refractivity contribution in [1.29, 1.82) is 0 Å². The first-order chi connectivity index (χ1) is 10.8. The molecule has 0 aliphatic carbocycles. The molecule has 0 spiro atoms. The van der Waals surface area contributed by atoms with Crippen molar-refractivity contribution in [3.8, 4) is 22.6 Å². The molecule has 132 valence electrons. The van der Waals surface area contributed by atoms with E-state index in [1.165, 1.54) is 12.1 Å². The molecule has 0 aliphatic heterocycles. The number of alkyl halides is 3. The molecule has 0 amide bonds. The van der Waals surface area contributed by atoms with Gasteiger partial charge in [-0.2, -0.15) is 0 Å². The van der Waals surface area contributed by atoms with E-state index in [9.17, 15) is 13.2 Å². The number of halogens is 4. The summed E-state index contributed by atoms with van der Waals surface area (Å²) in [6, 6.07) is 10.3. The van der Waals surface area contributed by atoms with Gasteiger partial charge in [-0.3, -0.25) is 0 Å². The minimum atomic E-state index is -4.79. The van der Waals surface area contributed by atoms with E-state index in [1.54, 1.807) is 6.07 Å². The maximum atomic E-state index is 12.6. The van der Waals surface area contributed by atoms with Gasteiger partial charge in [0.1, 0.15) is 6.61 Å². The van der Waals surface area contributed by atoms with Crippen LogP contribution in [0, 0.1) is 13.8 Å². The van der Waals surface area contributed by atoms with Crippen molar-refractivity contribution >= 4 is 12.4 Å². The molecule has 0 heterocycles. The van der Waals surface area contributed by atoms with Gasteiger partial charge in [0, 0.05) is 6.54 Å². The second-order valence-electron chi connectivity index (χ2n) is 5.16. The Balaban J connectivity index is 0.00000288. The highest BCUT2D eigenvalue weighted by Gasteiger charge is 2.32. The Morgan fingerprint density at radius 1 is 1.00 bits per heavy atom. The Morgan fingerprint density at radius 2 is 1.71 bits per heavy atom. The minimum Gasteiger partial charge on any atom is -0.488 e. The molecule has 0 aliphatic rings. The van der Waals surface area contributed by atoms with E-state index in [4.69, 9.17) is 10.5 Å². The van der Waals surface area contributed by atoms with Gasteiger partial charge >= 0.3 is 6.36 Å². The summed E-state index contributed by atoms with van der Waals surface area (Å²) >= 11 is 0. The fraction of sp³-hybridized carbons (Fsp3) is 0.294. The lowest BCUT2D eigenvalue weighted by Gasteiger charge is -2.16. The van der Waals surface area contributed by atoms with Crippen LogP contribution in [-0.4, -0.2) is 19.5 Å². The predicted molar refractivity (Wildman–Crippen MR) is 89.8 cm³/mol. The van der Waals surface area contributed by atoms with Crippen LogP contribution in [0.15, 0.2) is 36.4 Å². The van der Waals surface area contributed by atoms with Crippen LogP contribution in [0.25, 0.3) is 11.1 Å². The zero-order valence-electron chi connectivity index (χ0n) is 13.3. The smallest absolute Gasteiger partial charge is 0.488 e. The largest absolute Gasteiger partial charge is 0.573 e. The van der Waals surface area contributed by atoms with Crippen LogP contribution < -0.4 is 15.2 Å². The average Bonchev–Trinajstić information content (AvgIpc) is 2.47.